The molecular weight excluding hydrogens is 423 g/mol. The molecule has 0 unspecified atom stereocenters. The molecule has 0 spiro atoms. The highest BCUT2D eigenvalue weighted by Gasteiger charge is 2.32. The third kappa shape index (κ3) is 4.42. The van der Waals surface area contributed by atoms with Crippen molar-refractivity contribution in [3.8, 4) is 5.75 Å². The summed E-state index contributed by atoms with van der Waals surface area (Å²) >= 11 is 12.1. The van der Waals surface area contributed by atoms with E-state index in [0.717, 1.165) is 11.1 Å². The minimum atomic E-state index is -1.04. The minimum Gasteiger partial charge on any atom is -0.481 e. The number of nitrogens with zero attached hydrogens (tertiary/aromatic N) is 1. The van der Waals surface area contributed by atoms with E-state index in [1.165, 1.54) is 0 Å². The molecule has 5 nitrogen and oxygen atoms in total. The SMILES string of the molecule is O=C(O)COc1ccccc1C1=N[C@@H](c2ccc(Cl)cc2)[C@@H](c2ccc(Cl)cc2)N1. The normalized spacial score (nSPS) is 17.9. The molecule has 0 aromatic heterocycles. The molecule has 0 fully saturated rings. The zero-order valence-corrected chi connectivity index (χ0v) is 17.3. The number of nitrogens with one attached hydrogen (secondary N) is 1. The first-order valence-electron chi connectivity index (χ1n) is 9.30. The van der Waals surface area contributed by atoms with Crippen molar-refractivity contribution in [1.29, 1.82) is 0 Å². The van der Waals surface area contributed by atoms with Crippen molar-refractivity contribution in [2.75, 3.05) is 6.61 Å². The van der Waals surface area contributed by atoms with E-state index in [4.69, 9.17) is 38.0 Å². The van der Waals surface area contributed by atoms with Gasteiger partial charge in [0.2, 0.25) is 0 Å². The summed E-state index contributed by atoms with van der Waals surface area (Å²) in [6, 6.07) is 22.1. The zero-order chi connectivity index (χ0) is 21.1. The monoisotopic (exact) mass is 440 g/mol. The summed E-state index contributed by atoms with van der Waals surface area (Å²) in [6.45, 7) is -0.425. The number of ether oxygens (including phenoxy) is 1. The Morgan fingerprint density at radius 3 is 2.17 bits per heavy atom. The van der Waals surface area contributed by atoms with E-state index < -0.39 is 12.6 Å². The van der Waals surface area contributed by atoms with Gasteiger partial charge in [-0.1, -0.05) is 59.6 Å². The molecule has 0 radical (unpaired) electrons. The number of carboxylic acid groups (broad SMARTS) is 1. The van der Waals surface area contributed by atoms with Gasteiger partial charge in [-0.3, -0.25) is 4.99 Å². The molecule has 2 N–H and O–H groups in total. The number of carbonyl (C=O) groups is 1. The third-order valence-electron chi connectivity index (χ3n) is 4.81. The molecule has 0 bridgehead atoms. The molecule has 152 valence electrons. The Hall–Kier alpha value is -3.02. The van der Waals surface area contributed by atoms with Crippen LogP contribution in [0.15, 0.2) is 77.8 Å². The fraction of sp³-hybridized carbons (Fsp3) is 0.130. The number of benzene rings is 3. The number of amidine groups is 1. The standard InChI is InChI=1S/C23H18Cl2N2O3/c24-16-9-5-14(6-10-16)21-22(15-7-11-17(25)12-8-15)27-23(26-21)18-3-1-2-4-19(18)30-13-20(28)29/h1-12,21-22H,13H2,(H,26,27)(H,28,29)/t21-,22+. The minimum absolute atomic E-state index is 0.133. The lowest BCUT2D eigenvalue weighted by Gasteiger charge is -2.20. The van der Waals surface area contributed by atoms with E-state index in [1.807, 2.05) is 60.7 Å². The van der Waals surface area contributed by atoms with E-state index in [2.05, 4.69) is 5.32 Å². The number of hydrogen-bond acceptors (Lipinski definition) is 4. The molecule has 7 heteroatoms. The molecule has 4 rings (SSSR count). The lowest BCUT2D eigenvalue weighted by atomic mass is 9.95. The van der Waals surface area contributed by atoms with Crippen LogP contribution in [0.3, 0.4) is 0 Å². The van der Waals surface area contributed by atoms with Crippen molar-refractivity contribution < 1.29 is 14.6 Å². The quantitative estimate of drug-likeness (QED) is 0.546. The second-order valence-corrected chi connectivity index (χ2v) is 7.70. The van der Waals surface area contributed by atoms with Gasteiger partial charge >= 0.3 is 5.97 Å². The van der Waals surface area contributed by atoms with Crippen molar-refractivity contribution in [2.24, 2.45) is 4.99 Å². The predicted octanol–water partition coefficient (Wildman–Crippen LogP) is 5.29. The number of aliphatic carboxylic acids is 1. The predicted molar refractivity (Wildman–Crippen MR) is 118 cm³/mol. The van der Waals surface area contributed by atoms with Gasteiger partial charge in [0.05, 0.1) is 11.6 Å². The van der Waals surface area contributed by atoms with Crippen molar-refractivity contribution in [3.05, 3.63) is 99.5 Å². The van der Waals surface area contributed by atoms with E-state index >= 15 is 0 Å². The maximum atomic E-state index is 10.9. The molecule has 0 aliphatic carbocycles. The van der Waals surface area contributed by atoms with Crippen molar-refractivity contribution in [1.82, 2.24) is 5.32 Å². The fourth-order valence-electron chi connectivity index (χ4n) is 3.41. The molecule has 1 aliphatic heterocycles. The largest absolute Gasteiger partial charge is 0.481 e. The Labute approximate surface area is 183 Å². The van der Waals surface area contributed by atoms with Crippen LogP contribution in [0.5, 0.6) is 5.75 Å². The first-order chi connectivity index (χ1) is 14.5. The van der Waals surface area contributed by atoms with Gasteiger partial charge < -0.3 is 15.2 Å². The summed E-state index contributed by atoms with van der Waals surface area (Å²) in [5, 5.41) is 13.8. The second kappa shape index (κ2) is 8.78. The number of carboxylic acids is 1. The van der Waals surface area contributed by atoms with Crippen molar-refractivity contribution in [2.45, 2.75) is 12.1 Å². The number of halogens is 2. The molecule has 2 atom stereocenters. The number of rotatable bonds is 6. The van der Waals surface area contributed by atoms with Gasteiger partial charge in [0.15, 0.2) is 6.61 Å². The zero-order valence-electron chi connectivity index (χ0n) is 15.8. The van der Waals surface area contributed by atoms with E-state index in [9.17, 15) is 4.79 Å². The third-order valence-corrected chi connectivity index (χ3v) is 5.31. The smallest absolute Gasteiger partial charge is 0.341 e. The highest BCUT2D eigenvalue weighted by Crippen LogP contribution is 2.38. The molecule has 0 amide bonds. The second-order valence-electron chi connectivity index (χ2n) is 6.83. The topological polar surface area (TPSA) is 70.9 Å². The van der Waals surface area contributed by atoms with Crippen LogP contribution in [-0.4, -0.2) is 23.5 Å². The van der Waals surface area contributed by atoms with Gasteiger partial charge in [-0.2, -0.15) is 0 Å². The fourth-order valence-corrected chi connectivity index (χ4v) is 3.67. The average Bonchev–Trinajstić information content (AvgIpc) is 3.19. The maximum absolute atomic E-state index is 10.9. The van der Waals surface area contributed by atoms with Gasteiger partial charge in [-0.15, -0.1) is 0 Å². The lowest BCUT2D eigenvalue weighted by molar-refractivity contribution is -0.139. The van der Waals surface area contributed by atoms with Crippen molar-refractivity contribution >= 4 is 35.0 Å². The first kappa shape index (κ1) is 20.3. The van der Waals surface area contributed by atoms with Crippen LogP contribution in [0.4, 0.5) is 0 Å². The highest BCUT2D eigenvalue weighted by molar-refractivity contribution is 6.30. The molecule has 1 heterocycles. The number of para-hydroxylation sites is 1. The van der Waals surface area contributed by atoms with Gasteiger partial charge in [0.1, 0.15) is 17.6 Å². The Bertz CT molecular complexity index is 1080. The summed E-state index contributed by atoms with van der Waals surface area (Å²) in [6.07, 6.45) is 0. The number of hydrogen-bond donors (Lipinski definition) is 2. The summed E-state index contributed by atoms with van der Waals surface area (Å²) in [7, 11) is 0. The van der Waals surface area contributed by atoms with Crippen LogP contribution < -0.4 is 10.1 Å². The van der Waals surface area contributed by atoms with Gasteiger partial charge in [-0.25, -0.2) is 4.79 Å². The summed E-state index contributed by atoms with van der Waals surface area (Å²) in [4.78, 5) is 15.9. The van der Waals surface area contributed by atoms with Crippen LogP contribution in [0.25, 0.3) is 0 Å². The van der Waals surface area contributed by atoms with Crippen LogP contribution in [0, 0.1) is 0 Å². The molecule has 0 saturated heterocycles. The van der Waals surface area contributed by atoms with E-state index in [-0.39, 0.29) is 12.1 Å². The molecule has 1 aliphatic rings. The van der Waals surface area contributed by atoms with Crippen LogP contribution in [0.2, 0.25) is 10.0 Å². The van der Waals surface area contributed by atoms with Crippen LogP contribution >= 0.6 is 23.2 Å². The first-order valence-corrected chi connectivity index (χ1v) is 10.1. The molecular formula is C23H18Cl2N2O3. The van der Waals surface area contributed by atoms with Gasteiger partial charge in [-0.05, 0) is 47.5 Å². The Balaban J connectivity index is 1.73. The van der Waals surface area contributed by atoms with E-state index in [1.54, 1.807) is 12.1 Å². The molecule has 0 saturated carbocycles. The Morgan fingerprint density at radius 1 is 0.933 bits per heavy atom. The van der Waals surface area contributed by atoms with Gasteiger partial charge in [0.25, 0.3) is 0 Å². The van der Waals surface area contributed by atoms with Crippen LogP contribution in [0.1, 0.15) is 28.8 Å². The molecule has 3 aromatic carbocycles. The molecule has 30 heavy (non-hydrogen) atoms. The lowest BCUT2D eigenvalue weighted by Crippen LogP contribution is -2.25. The van der Waals surface area contributed by atoms with Crippen LogP contribution in [-0.2, 0) is 4.79 Å². The summed E-state index contributed by atoms with van der Waals surface area (Å²) < 4.78 is 5.47. The Kier molecular flexibility index (Phi) is 5.93. The summed E-state index contributed by atoms with van der Waals surface area (Å²) in [5.74, 6) is 0.0536. The molecule has 3 aromatic rings. The maximum Gasteiger partial charge on any atom is 0.341 e. The number of aliphatic imine (C=N–C) groups is 1. The van der Waals surface area contributed by atoms with Gasteiger partial charge in [0, 0.05) is 10.0 Å². The highest BCUT2D eigenvalue weighted by atomic mass is 35.5. The van der Waals surface area contributed by atoms with Crippen molar-refractivity contribution in [3.63, 3.8) is 0 Å². The Morgan fingerprint density at radius 2 is 1.53 bits per heavy atom. The van der Waals surface area contributed by atoms with E-state index in [0.29, 0.717) is 27.2 Å². The average molecular weight is 441 g/mol. The summed E-state index contributed by atoms with van der Waals surface area (Å²) in [5.41, 5.74) is 2.74.